The molecule has 1 atom stereocenters. The number of esters is 2. The Morgan fingerprint density at radius 3 is 1.62 bits per heavy atom. The van der Waals surface area contributed by atoms with E-state index in [0.29, 0.717) is 12.8 Å². The zero-order valence-corrected chi connectivity index (χ0v) is 31.2. The Balaban J connectivity index is -0.00000684. The van der Waals surface area contributed by atoms with Crippen molar-refractivity contribution in [2.24, 2.45) is 0 Å². The van der Waals surface area contributed by atoms with E-state index in [4.69, 9.17) is 9.47 Å². The summed E-state index contributed by atoms with van der Waals surface area (Å²) in [5.41, 5.74) is 0. The van der Waals surface area contributed by atoms with Crippen LogP contribution < -0.4 is 68.9 Å². The molecule has 13 heteroatoms. The minimum Gasteiger partial charge on any atom is -0.790 e. The molecule has 9 nitrogen and oxygen atoms in total. The second-order valence-electron chi connectivity index (χ2n) is 9.68. The van der Waals surface area contributed by atoms with Crippen molar-refractivity contribution in [3.63, 3.8) is 0 Å². The van der Waals surface area contributed by atoms with Gasteiger partial charge >= 0.3 is 71.1 Å². The van der Waals surface area contributed by atoms with E-state index in [0.717, 1.165) is 63.5 Å². The second kappa shape index (κ2) is 31.5. The van der Waals surface area contributed by atoms with E-state index in [-0.39, 0.29) is 83.7 Å². The van der Waals surface area contributed by atoms with Crippen LogP contribution in [-0.2, 0) is 32.9 Å². The standard InChI is InChI=1S/C27H51O9PS.2Na/c1-3-4-5-6-10-14-17-20-27(30)36-25(23-35-37(31,32)33)22-34-26(29)19-16-13-11-8-7-9-12-15-18-21-38-24(2)28;;/h25H,3-23H2,1-2H3,(H2,31,32,33);;/q;2*+1/p-2/t25-;;/m0../s1. The number of hydrogen-bond donors (Lipinski definition) is 0. The number of phosphoric acid groups is 1. The van der Waals surface area contributed by atoms with Crippen molar-refractivity contribution in [1.82, 2.24) is 0 Å². The van der Waals surface area contributed by atoms with Gasteiger partial charge in [0.05, 0.1) is 14.4 Å². The van der Waals surface area contributed by atoms with Crippen LogP contribution in [0, 0.1) is 0 Å². The molecular weight excluding hydrogens is 577 g/mol. The molecule has 0 saturated carbocycles. The Bertz CT molecular complexity index is 680. The summed E-state index contributed by atoms with van der Waals surface area (Å²) in [7, 11) is -5.24. The molecule has 0 spiro atoms. The predicted octanol–water partition coefficient (Wildman–Crippen LogP) is -0.384. The zero-order valence-electron chi connectivity index (χ0n) is 25.5. The number of phosphoric ester groups is 1. The molecule has 0 fully saturated rings. The third-order valence-corrected chi connectivity index (χ3v) is 7.33. The number of carbonyl (C=O) groups is 3. The third-order valence-electron chi connectivity index (χ3n) is 5.96. The summed E-state index contributed by atoms with van der Waals surface area (Å²) in [4.78, 5) is 56.7. The van der Waals surface area contributed by atoms with E-state index < -0.39 is 32.5 Å². The van der Waals surface area contributed by atoms with Crippen LogP contribution in [0.3, 0.4) is 0 Å². The van der Waals surface area contributed by atoms with Crippen LogP contribution in [-0.4, -0.2) is 42.1 Å². The van der Waals surface area contributed by atoms with Crippen molar-refractivity contribution in [2.75, 3.05) is 19.0 Å². The van der Waals surface area contributed by atoms with Crippen LogP contribution in [0.4, 0.5) is 0 Å². The second-order valence-corrected chi connectivity index (χ2v) is 12.1. The fourth-order valence-corrected chi connectivity index (χ4v) is 4.83. The quantitative estimate of drug-likeness (QED) is 0.0540. The average Bonchev–Trinajstić information content (AvgIpc) is 2.85. The van der Waals surface area contributed by atoms with E-state index in [1.54, 1.807) is 6.92 Å². The number of ether oxygens (including phenoxy) is 2. The molecule has 0 heterocycles. The topological polar surface area (TPSA) is 142 Å². The third kappa shape index (κ3) is 35.3. The van der Waals surface area contributed by atoms with Crippen LogP contribution in [0.5, 0.6) is 0 Å². The van der Waals surface area contributed by atoms with Gasteiger partial charge in [0.15, 0.2) is 11.2 Å². The van der Waals surface area contributed by atoms with Crippen molar-refractivity contribution in [2.45, 2.75) is 136 Å². The number of rotatable bonds is 26. The van der Waals surface area contributed by atoms with Crippen LogP contribution >= 0.6 is 19.6 Å². The van der Waals surface area contributed by atoms with Crippen LogP contribution in [0.1, 0.15) is 129 Å². The van der Waals surface area contributed by atoms with E-state index in [1.807, 2.05) is 0 Å². The Labute approximate surface area is 290 Å². The van der Waals surface area contributed by atoms with Gasteiger partial charge < -0.3 is 28.3 Å². The smallest absolute Gasteiger partial charge is 0.790 e. The molecule has 0 aromatic heterocycles. The van der Waals surface area contributed by atoms with E-state index >= 15 is 0 Å². The summed E-state index contributed by atoms with van der Waals surface area (Å²) < 4.78 is 25.4. The number of thioether (sulfide) groups is 1. The molecule has 0 radical (unpaired) electrons. The zero-order chi connectivity index (χ0) is 28.5. The van der Waals surface area contributed by atoms with Crippen molar-refractivity contribution in [3.8, 4) is 0 Å². The average molecular weight is 627 g/mol. The van der Waals surface area contributed by atoms with Gasteiger partial charge in [0.1, 0.15) is 6.61 Å². The van der Waals surface area contributed by atoms with Crippen molar-refractivity contribution < 1.29 is 102 Å². The van der Waals surface area contributed by atoms with Gasteiger partial charge in [0, 0.05) is 25.5 Å². The van der Waals surface area contributed by atoms with E-state index in [9.17, 15) is 28.7 Å². The summed E-state index contributed by atoms with van der Waals surface area (Å²) in [6, 6.07) is 0. The molecular formula is C27H49Na2O9PS. The molecule has 0 bridgehead atoms. The van der Waals surface area contributed by atoms with Gasteiger partial charge in [-0.2, -0.15) is 0 Å². The minimum absolute atomic E-state index is 0. The first kappa shape index (κ1) is 45.5. The molecule has 0 N–H and O–H groups in total. The van der Waals surface area contributed by atoms with Gasteiger partial charge in [-0.3, -0.25) is 14.4 Å². The van der Waals surface area contributed by atoms with Gasteiger partial charge in [0.2, 0.25) is 0 Å². The molecule has 0 aliphatic rings. The van der Waals surface area contributed by atoms with Gasteiger partial charge in [-0.25, -0.2) is 0 Å². The maximum atomic E-state index is 12.1. The van der Waals surface area contributed by atoms with Crippen molar-refractivity contribution in [3.05, 3.63) is 0 Å². The first-order chi connectivity index (χ1) is 18.1. The monoisotopic (exact) mass is 626 g/mol. The van der Waals surface area contributed by atoms with Crippen LogP contribution in [0.25, 0.3) is 0 Å². The van der Waals surface area contributed by atoms with Gasteiger partial charge in [0.25, 0.3) is 0 Å². The summed E-state index contributed by atoms with van der Waals surface area (Å²) >= 11 is 1.39. The normalized spacial score (nSPS) is 11.7. The fraction of sp³-hybridized carbons (Fsp3) is 0.889. The molecule has 40 heavy (non-hydrogen) atoms. The molecule has 0 rings (SSSR count). The van der Waals surface area contributed by atoms with Crippen molar-refractivity contribution in [1.29, 1.82) is 0 Å². The SMILES string of the molecule is CCCCCCCCCC(=O)O[C@@H](COC(=O)CCCCCCCCCCCSC(C)=O)COP(=O)([O-])[O-].[Na+].[Na+]. The van der Waals surface area contributed by atoms with E-state index in [2.05, 4.69) is 11.4 Å². The molecule has 0 aromatic carbocycles. The van der Waals surface area contributed by atoms with Crippen LogP contribution in [0.15, 0.2) is 0 Å². The molecule has 0 amide bonds. The molecule has 0 saturated heterocycles. The largest absolute Gasteiger partial charge is 1.00 e. The Hall–Kier alpha value is 1.07. The maximum Gasteiger partial charge on any atom is 1.00 e. The predicted molar refractivity (Wildman–Crippen MR) is 146 cm³/mol. The summed E-state index contributed by atoms with van der Waals surface area (Å²) in [6.07, 6.45) is 16.0. The summed E-state index contributed by atoms with van der Waals surface area (Å²) in [5, 5.41) is 0.176. The summed E-state index contributed by atoms with van der Waals surface area (Å²) in [5.74, 6) is -0.0994. The minimum atomic E-state index is -5.24. The van der Waals surface area contributed by atoms with Crippen LogP contribution in [0.2, 0.25) is 0 Å². The maximum absolute atomic E-state index is 12.1. The van der Waals surface area contributed by atoms with E-state index in [1.165, 1.54) is 43.9 Å². The fourth-order valence-electron chi connectivity index (χ4n) is 3.84. The molecule has 0 aliphatic carbocycles. The molecule has 0 unspecified atom stereocenters. The van der Waals surface area contributed by atoms with Gasteiger partial charge in [-0.1, -0.05) is 102 Å². The van der Waals surface area contributed by atoms with Gasteiger partial charge in [-0.05, 0) is 19.3 Å². The number of carbonyl (C=O) groups excluding carboxylic acids is 3. The molecule has 224 valence electrons. The molecule has 0 aromatic rings. The number of unbranched alkanes of at least 4 members (excludes halogenated alkanes) is 14. The number of hydrogen-bond acceptors (Lipinski definition) is 10. The Morgan fingerprint density at radius 2 is 1.15 bits per heavy atom. The first-order valence-corrected chi connectivity index (χ1v) is 16.7. The first-order valence-electron chi connectivity index (χ1n) is 14.3. The van der Waals surface area contributed by atoms with Gasteiger partial charge in [-0.15, -0.1) is 0 Å². The Kier molecular flexibility index (Phi) is 35.8. The molecule has 0 aliphatic heterocycles. The van der Waals surface area contributed by atoms with Crippen molar-refractivity contribution >= 4 is 36.6 Å². The summed E-state index contributed by atoms with van der Waals surface area (Å²) in [6.45, 7) is 2.72. The Morgan fingerprint density at radius 1 is 0.700 bits per heavy atom.